The molecule has 2 aromatic rings. The van der Waals surface area contributed by atoms with Gasteiger partial charge in [-0.05, 0) is 42.5 Å². The summed E-state index contributed by atoms with van der Waals surface area (Å²) in [6.45, 7) is 1.52. The lowest BCUT2D eigenvalue weighted by molar-refractivity contribution is -0.148. The highest BCUT2D eigenvalue weighted by Crippen LogP contribution is 2.25. The largest absolute Gasteiger partial charge is 0.456 e. The van der Waals surface area contributed by atoms with Crippen LogP contribution in [-0.4, -0.2) is 18.5 Å². The van der Waals surface area contributed by atoms with Crippen LogP contribution in [0.4, 0.5) is 0 Å². The van der Waals surface area contributed by atoms with E-state index in [-0.39, 0.29) is 30.9 Å². The highest BCUT2D eigenvalue weighted by Gasteiger charge is 2.13. The Morgan fingerprint density at radius 2 is 2.04 bits per heavy atom. The summed E-state index contributed by atoms with van der Waals surface area (Å²) in [7, 11) is 0. The van der Waals surface area contributed by atoms with E-state index in [1.807, 2.05) is 24.4 Å². The summed E-state index contributed by atoms with van der Waals surface area (Å²) in [5.74, 6) is -0.751. The van der Waals surface area contributed by atoms with Gasteiger partial charge in [0.1, 0.15) is 0 Å². The van der Waals surface area contributed by atoms with E-state index in [2.05, 4.69) is 5.32 Å². The lowest BCUT2D eigenvalue weighted by Crippen LogP contribution is -2.31. The van der Waals surface area contributed by atoms with E-state index in [1.54, 1.807) is 29.5 Å². The summed E-state index contributed by atoms with van der Waals surface area (Å²) in [6, 6.07) is 8.78. The predicted molar refractivity (Wildman–Crippen MR) is 96.6 cm³/mol. The van der Waals surface area contributed by atoms with Crippen molar-refractivity contribution < 1.29 is 14.3 Å². The molecular weight excluding hydrogens is 369 g/mol. The number of carbonyl (C=O) groups excluding carboxylic acids is 2. The number of hydrogen-bond donors (Lipinski definition) is 1. The van der Waals surface area contributed by atoms with Gasteiger partial charge in [-0.15, -0.1) is 11.3 Å². The fourth-order valence-electron chi connectivity index (χ4n) is 2.05. The number of carbonyl (C=O) groups is 2. The fourth-order valence-corrected chi connectivity index (χ4v) is 3.06. The highest BCUT2D eigenvalue weighted by atomic mass is 35.5. The number of benzene rings is 1. The third-order valence-corrected chi connectivity index (χ3v) is 5.02. The minimum Gasteiger partial charge on any atom is -0.456 e. The molecule has 24 heavy (non-hydrogen) atoms. The van der Waals surface area contributed by atoms with E-state index < -0.39 is 0 Å². The van der Waals surface area contributed by atoms with Crippen LogP contribution in [0.3, 0.4) is 0 Å². The molecule has 0 radical (unpaired) electrons. The van der Waals surface area contributed by atoms with Crippen LogP contribution in [0.5, 0.6) is 0 Å². The van der Waals surface area contributed by atoms with Crippen LogP contribution < -0.4 is 5.32 Å². The van der Waals surface area contributed by atoms with Crippen LogP contribution in [0, 0.1) is 0 Å². The molecule has 0 saturated carbocycles. The topological polar surface area (TPSA) is 55.4 Å². The van der Waals surface area contributed by atoms with Crippen molar-refractivity contribution in [1.82, 2.24) is 5.32 Å². The van der Waals surface area contributed by atoms with E-state index in [0.717, 1.165) is 10.4 Å². The van der Waals surface area contributed by atoms with Gasteiger partial charge < -0.3 is 10.1 Å². The van der Waals surface area contributed by atoms with Crippen molar-refractivity contribution in [2.24, 2.45) is 0 Å². The molecule has 1 unspecified atom stereocenters. The first kappa shape index (κ1) is 18.8. The number of amides is 1. The average molecular weight is 386 g/mol. The van der Waals surface area contributed by atoms with Crippen molar-refractivity contribution in [2.75, 3.05) is 6.61 Å². The number of nitrogens with one attached hydrogen (secondary N) is 1. The van der Waals surface area contributed by atoms with Crippen molar-refractivity contribution >= 4 is 46.4 Å². The second-order valence-electron chi connectivity index (χ2n) is 5.20. The second-order valence-corrected chi connectivity index (χ2v) is 7.05. The Bertz CT molecular complexity index is 704. The first-order valence-electron chi connectivity index (χ1n) is 7.38. The van der Waals surface area contributed by atoms with Gasteiger partial charge in [-0.2, -0.15) is 0 Å². The maximum absolute atomic E-state index is 11.9. The lowest BCUT2D eigenvalue weighted by atomic mass is 10.1. The van der Waals surface area contributed by atoms with Crippen LogP contribution in [0.2, 0.25) is 10.0 Å². The Morgan fingerprint density at radius 3 is 2.71 bits per heavy atom. The Balaban J connectivity index is 1.73. The third-order valence-electron chi connectivity index (χ3n) is 3.34. The summed E-state index contributed by atoms with van der Waals surface area (Å²) in [4.78, 5) is 24.6. The SMILES string of the molecule is CC(NC(=O)COC(=O)CCc1cccs1)c1ccc(Cl)c(Cl)c1. The first-order chi connectivity index (χ1) is 11.5. The summed E-state index contributed by atoms with van der Waals surface area (Å²) in [5.41, 5.74) is 0.821. The highest BCUT2D eigenvalue weighted by molar-refractivity contribution is 7.09. The molecule has 7 heteroatoms. The van der Waals surface area contributed by atoms with Gasteiger partial charge >= 0.3 is 5.97 Å². The standard InChI is InChI=1S/C17H17Cl2NO3S/c1-11(12-4-6-14(18)15(19)9-12)20-16(21)10-23-17(22)7-5-13-3-2-8-24-13/h2-4,6,8-9,11H,5,7,10H2,1H3,(H,20,21). The summed E-state index contributed by atoms with van der Waals surface area (Å²) >= 11 is 13.4. The molecule has 1 amide bonds. The molecule has 0 aliphatic carbocycles. The molecule has 0 saturated heterocycles. The molecule has 0 bridgehead atoms. The van der Waals surface area contributed by atoms with Crippen molar-refractivity contribution in [3.8, 4) is 0 Å². The molecular formula is C17H17Cl2NO3S. The van der Waals surface area contributed by atoms with Gasteiger partial charge in [-0.1, -0.05) is 35.3 Å². The molecule has 1 heterocycles. The summed E-state index contributed by atoms with van der Waals surface area (Å²) < 4.78 is 4.99. The van der Waals surface area contributed by atoms with Crippen LogP contribution in [0.25, 0.3) is 0 Å². The maximum atomic E-state index is 11.9. The number of aryl methyl sites for hydroxylation is 1. The number of halogens is 2. The molecule has 2 rings (SSSR count). The van der Waals surface area contributed by atoms with Gasteiger partial charge in [0, 0.05) is 4.88 Å². The van der Waals surface area contributed by atoms with Crippen molar-refractivity contribution in [3.63, 3.8) is 0 Å². The van der Waals surface area contributed by atoms with Crippen LogP contribution in [0.1, 0.15) is 29.8 Å². The van der Waals surface area contributed by atoms with E-state index >= 15 is 0 Å². The van der Waals surface area contributed by atoms with Gasteiger partial charge in [0.2, 0.25) is 0 Å². The smallest absolute Gasteiger partial charge is 0.306 e. The maximum Gasteiger partial charge on any atom is 0.306 e. The summed E-state index contributed by atoms with van der Waals surface area (Å²) in [6.07, 6.45) is 0.883. The first-order valence-corrected chi connectivity index (χ1v) is 9.01. The molecule has 1 N–H and O–H groups in total. The van der Waals surface area contributed by atoms with Gasteiger partial charge in [0.15, 0.2) is 6.61 Å². The molecule has 1 aromatic carbocycles. The molecule has 0 aliphatic rings. The predicted octanol–water partition coefficient (Wildman–Crippen LogP) is 4.41. The zero-order valence-corrected chi connectivity index (χ0v) is 15.4. The fraction of sp³-hybridized carbons (Fsp3) is 0.294. The van der Waals surface area contributed by atoms with E-state index in [0.29, 0.717) is 16.5 Å². The average Bonchev–Trinajstić information content (AvgIpc) is 3.07. The van der Waals surface area contributed by atoms with Gasteiger partial charge in [-0.25, -0.2) is 0 Å². The number of ether oxygens (including phenoxy) is 1. The normalized spacial score (nSPS) is 11.8. The molecule has 128 valence electrons. The van der Waals surface area contributed by atoms with Crippen molar-refractivity contribution in [3.05, 3.63) is 56.2 Å². The van der Waals surface area contributed by atoms with Crippen molar-refractivity contribution in [2.45, 2.75) is 25.8 Å². The van der Waals surface area contributed by atoms with Crippen LogP contribution >= 0.6 is 34.5 Å². The van der Waals surface area contributed by atoms with Gasteiger partial charge in [0.05, 0.1) is 22.5 Å². The van der Waals surface area contributed by atoms with Crippen LogP contribution in [-0.2, 0) is 20.7 Å². The summed E-state index contributed by atoms with van der Waals surface area (Å²) in [5, 5.41) is 5.59. The molecule has 4 nitrogen and oxygen atoms in total. The molecule has 1 atom stereocenters. The van der Waals surface area contributed by atoms with E-state index in [4.69, 9.17) is 27.9 Å². The number of thiophene rings is 1. The van der Waals surface area contributed by atoms with Crippen molar-refractivity contribution in [1.29, 1.82) is 0 Å². The lowest BCUT2D eigenvalue weighted by Gasteiger charge is -2.15. The molecule has 0 aliphatic heterocycles. The molecule has 1 aromatic heterocycles. The quantitative estimate of drug-likeness (QED) is 0.718. The Hall–Kier alpha value is -1.56. The Kier molecular flexibility index (Phi) is 7.09. The number of rotatable bonds is 7. The second kappa shape index (κ2) is 9.06. The van der Waals surface area contributed by atoms with E-state index in [9.17, 15) is 9.59 Å². The molecule has 0 spiro atoms. The zero-order chi connectivity index (χ0) is 17.5. The Morgan fingerprint density at radius 1 is 1.25 bits per heavy atom. The van der Waals surface area contributed by atoms with Gasteiger partial charge in [-0.3, -0.25) is 9.59 Å². The van der Waals surface area contributed by atoms with E-state index in [1.165, 1.54) is 0 Å². The number of hydrogen-bond acceptors (Lipinski definition) is 4. The van der Waals surface area contributed by atoms with Gasteiger partial charge in [0.25, 0.3) is 5.91 Å². The Labute approximate surface area is 154 Å². The number of esters is 1. The van der Waals surface area contributed by atoms with Crippen LogP contribution in [0.15, 0.2) is 35.7 Å². The zero-order valence-electron chi connectivity index (χ0n) is 13.1. The minimum atomic E-state index is -0.388. The minimum absolute atomic E-state index is 0.260. The molecule has 0 fully saturated rings. The monoisotopic (exact) mass is 385 g/mol. The third kappa shape index (κ3) is 5.82.